The minimum atomic E-state index is -4.42. The van der Waals surface area contributed by atoms with Gasteiger partial charge in [-0.3, -0.25) is 0 Å². The van der Waals surface area contributed by atoms with Crippen LogP contribution >= 0.6 is 11.6 Å². The summed E-state index contributed by atoms with van der Waals surface area (Å²) >= 11 is 5.62. The van der Waals surface area contributed by atoms with Crippen LogP contribution in [0.1, 0.15) is 17.5 Å². The van der Waals surface area contributed by atoms with Crippen molar-refractivity contribution in [3.63, 3.8) is 0 Å². The van der Waals surface area contributed by atoms with Gasteiger partial charge in [-0.05, 0) is 18.2 Å². The maximum Gasteiger partial charge on any atom is 0.417 e. The molecular weight excluding hydrogens is 239 g/mol. The molecule has 2 N–H and O–H groups in total. The first-order valence-electron chi connectivity index (χ1n) is 4.51. The van der Waals surface area contributed by atoms with Crippen LogP contribution in [0.25, 0.3) is 0 Å². The molecule has 1 aromatic carbocycles. The quantitative estimate of drug-likeness (QED) is 0.759. The van der Waals surface area contributed by atoms with Crippen LogP contribution < -0.4 is 5.73 Å². The molecule has 0 radical (unpaired) electrons. The Morgan fingerprint density at radius 3 is 2.56 bits per heavy atom. The second-order valence-corrected chi connectivity index (χ2v) is 3.46. The SMILES string of the molecule is NCCC#Cc1cc(Cl)ccc1C(F)(F)F. The standard InChI is InChI=1S/C11H9ClF3N/c12-9-4-5-10(11(13,14)15)8(7-9)3-1-2-6-16/h4-5,7H,2,6,16H2. The molecule has 0 fully saturated rings. The predicted octanol–water partition coefficient (Wildman–Crippen LogP) is 3.06. The van der Waals surface area contributed by atoms with E-state index in [1.807, 2.05) is 0 Å². The highest BCUT2D eigenvalue weighted by atomic mass is 35.5. The van der Waals surface area contributed by atoms with E-state index in [-0.39, 0.29) is 10.6 Å². The van der Waals surface area contributed by atoms with Crippen molar-refractivity contribution < 1.29 is 13.2 Å². The Kier molecular flexibility index (Phi) is 4.22. The lowest BCUT2D eigenvalue weighted by Gasteiger charge is -2.08. The van der Waals surface area contributed by atoms with Gasteiger partial charge in [0.2, 0.25) is 0 Å². The largest absolute Gasteiger partial charge is 0.417 e. The van der Waals surface area contributed by atoms with Crippen LogP contribution in [0.3, 0.4) is 0 Å². The van der Waals surface area contributed by atoms with Crippen molar-refractivity contribution in [2.24, 2.45) is 5.73 Å². The van der Waals surface area contributed by atoms with Crippen molar-refractivity contribution in [1.29, 1.82) is 0 Å². The van der Waals surface area contributed by atoms with Crippen molar-refractivity contribution in [3.8, 4) is 11.8 Å². The summed E-state index contributed by atoms with van der Waals surface area (Å²) in [6.07, 6.45) is -4.07. The summed E-state index contributed by atoms with van der Waals surface area (Å²) in [6.45, 7) is 0.314. The van der Waals surface area contributed by atoms with E-state index in [2.05, 4.69) is 11.8 Å². The molecule has 0 aromatic heterocycles. The van der Waals surface area contributed by atoms with Gasteiger partial charge in [-0.2, -0.15) is 13.2 Å². The molecule has 0 amide bonds. The topological polar surface area (TPSA) is 26.0 Å². The number of hydrogen-bond acceptors (Lipinski definition) is 1. The Hall–Kier alpha value is -1.18. The van der Waals surface area contributed by atoms with Crippen LogP contribution in [0.2, 0.25) is 5.02 Å². The molecule has 0 heterocycles. The van der Waals surface area contributed by atoms with Gasteiger partial charge in [0.25, 0.3) is 0 Å². The minimum Gasteiger partial charge on any atom is -0.330 e. The van der Waals surface area contributed by atoms with Gasteiger partial charge in [0.15, 0.2) is 0 Å². The molecule has 0 aliphatic rings. The monoisotopic (exact) mass is 247 g/mol. The van der Waals surface area contributed by atoms with Crippen LogP contribution in [0.15, 0.2) is 18.2 Å². The lowest BCUT2D eigenvalue weighted by Crippen LogP contribution is -2.07. The molecule has 0 unspecified atom stereocenters. The fraction of sp³-hybridized carbons (Fsp3) is 0.273. The first-order valence-corrected chi connectivity index (χ1v) is 4.88. The molecule has 0 saturated heterocycles. The lowest BCUT2D eigenvalue weighted by atomic mass is 10.1. The Morgan fingerprint density at radius 2 is 2.00 bits per heavy atom. The number of rotatable bonds is 1. The summed E-state index contributed by atoms with van der Waals surface area (Å²) in [7, 11) is 0. The van der Waals surface area contributed by atoms with Crippen LogP contribution in [0.4, 0.5) is 13.2 Å². The molecule has 0 atom stereocenters. The molecule has 1 rings (SSSR count). The Morgan fingerprint density at radius 1 is 1.31 bits per heavy atom. The molecule has 86 valence electrons. The Balaban J connectivity index is 3.15. The summed E-state index contributed by atoms with van der Waals surface area (Å²) in [5.41, 5.74) is 4.30. The predicted molar refractivity (Wildman–Crippen MR) is 57.0 cm³/mol. The maximum absolute atomic E-state index is 12.6. The van der Waals surface area contributed by atoms with Crippen molar-refractivity contribution in [2.75, 3.05) is 6.54 Å². The fourth-order valence-electron chi connectivity index (χ4n) is 1.10. The number of halogens is 4. The van der Waals surface area contributed by atoms with Crippen LogP contribution in [0.5, 0.6) is 0 Å². The molecule has 0 saturated carbocycles. The van der Waals surface area contributed by atoms with Crippen molar-refractivity contribution in [2.45, 2.75) is 12.6 Å². The zero-order valence-corrected chi connectivity index (χ0v) is 8.99. The van der Waals surface area contributed by atoms with E-state index in [4.69, 9.17) is 17.3 Å². The van der Waals surface area contributed by atoms with Crippen LogP contribution in [-0.4, -0.2) is 6.54 Å². The highest BCUT2D eigenvalue weighted by molar-refractivity contribution is 6.30. The van der Waals surface area contributed by atoms with Crippen LogP contribution in [-0.2, 0) is 6.18 Å². The zero-order chi connectivity index (χ0) is 12.2. The third-order valence-electron chi connectivity index (χ3n) is 1.78. The second-order valence-electron chi connectivity index (χ2n) is 3.03. The first kappa shape index (κ1) is 12.9. The first-order chi connectivity index (χ1) is 7.45. The highest BCUT2D eigenvalue weighted by Gasteiger charge is 2.32. The van der Waals surface area contributed by atoms with Crippen molar-refractivity contribution in [3.05, 3.63) is 34.3 Å². The van der Waals surface area contributed by atoms with Gasteiger partial charge >= 0.3 is 6.18 Å². The normalized spacial score (nSPS) is 10.8. The molecule has 0 spiro atoms. The van der Waals surface area contributed by atoms with Crippen LogP contribution in [0, 0.1) is 11.8 Å². The van der Waals surface area contributed by atoms with Gasteiger partial charge in [0.05, 0.1) is 5.56 Å². The number of hydrogen-bond donors (Lipinski definition) is 1. The molecule has 16 heavy (non-hydrogen) atoms. The highest BCUT2D eigenvalue weighted by Crippen LogP contribution is 2.32. The molecule has 1 aromatic rings. The van der Waals surface area contributed by atoms with Gasteiger partial charge in [0.1, 0.15) is 0 Å². The summed E-state index contributed by atoms with van der Waals surface area (Å²) < 4.78 is 37.7. The second kappa shape index (κ2) is 5.24. The smallest absolute Gasteiger partial charge is 0.330 e. The zero-order valence-electron chi connectivity index (χ0n) is 8.24. The molecule has 1 nitrogen and oxygen atoms in total. The molecular formula is C11H9ClF3N. The van der Waals surface area contributed by atoms with E-state index in [0.717, 1.165) is 6.07 Å². The average molecular weight is 248 g/mol. The molecule has 5 heteroatoms. The summed E-state index contributed by atoms with van der Waals surface area (Å²) in [5, 5.41) is 0.227. The van der Waals surface area contributed by atoms with Crippen molar-refractivity contribution >= 4 is 11.6 Å². The number of nitrogens with two attached hydrogens (primary N) is 1. The summed E-state index contributed by atoms with van der Waals surface area (Å²) in [6, 6.07) is 3.32. The Bertz CT molecular complexity index is 429. The van der Waals surface area contributed by atoms with Crippen molar-refractivity contribution in [1.82, 2.24) is 0 Å². The third-order valence-corrected chi connectivity index (χ3v) is 2.01. The lowest BCUT2D eigenvalue weighted by molar-refractivity contribution is -0.137. The summed E-state index contributed by atoms with van der Waals surface area (Å²) in [4.78, 5) is 0. The van der Waals surface area contributed by atoms with Gasteiger partial charge in [-0.15, -0.1) is 0 Å². The minimum absolute atomic E-state index is 0.117. The Labute approximate surface area is 96.4 Å². The number of alkyl halides is 3. The van der Waals surface area contributed by atoms with Gasteiger partial charge < -0.3 is 5.73 Å². The van der Waals surface area contributed by atoms with E-state index in [1.165, 1.54) is 12.1 Å². The van der Waals surface area contributed by atoms with E-state index >= 15 is 0 Å². The van der Waals surface area contributed by atoms with Gasteiger partial charge in [0, 0.05) is 23.6 Å². The van der Waals surface area contributed by atoms with Gasteiger partial charge in [-0.1, -0.05) is 23.4 Å². The summed E-state index contributed by atoms with van der Waals surface area (Å²) in [5.74, 6) is 4.98. The van der Waals surface area contributed by atoms with E-state index in [1.54, 1.807) is 0 Å². The fourth-order valence-corrected chi connectivity index (χ4v) is 1.27. The van der Waals surface area contributed by atoms with Gasteiger partial charge in [-0.25, -0.2) is 0 Å². The third kappa shape index (κ3) is 3.44. The maximum atomic E-state index is 12.6. The average Bonchev–Trinajstić information content (AvgIpc) is 2.16. The molecule has 0 bridgehead atoms. The number of benzene rings is 1. The van der Waals surface area contributed by atoms with E-state index in [0.29, 0.717) is 13.0 Å². The van der Waals surface area contributed by atoms with E-state index < -0.39 is 11.7 Å². The van der Waals surface area contributed by atoms with E-state index in [9.17, 15) is 13.2 Å². The molecule has 0 aliphatic heterocycles. The molecule has 0 aliphatic carbocycles.